The molecule has 2 unspecified atom stereocenters. The van der Waals surface area contributed by atoms with E-state index >= 15 is 0 Å². The summed E-state index contributed by atoms with van der Waals surface area (Å²) in [5.41, 5.74) is 1.85. The maximum Gasteiger partial charge on any atom is 0.187 e. The van der Waals surface area contributed by atoms with Gasteiger partial charge >= 0.3 is 0 Å². The zero-order valence-corrected chi connectivity index (χ0v) is 11.4. The molecule has 0 N–H and O–H groups in total. The van der Waals surface area contributed by atoms with Crippen molar-refractivity contribution < 1.29 is 4.79 Å². The number of rotatable bonds is 3. The fourth-order valence-electron chi connectivity index (χ4n) is 3.02. The van der Waals surface area contributed by atoms with Gasteiger partial charge in [0.25, 0.3) is 0 Å². The van der Waals surface area contributed by atoms with Gasteiger partial charge in [-0.1, -0.05) is 24.3 Å². The fraction of sp³-hybridized carbons (Fsp3) is 0.438. The first kappa shape index (κ1) is 12.4. The molecule has 2 aliphatic heterocycles. The summed E-state index contributed by atoms with van der Waals surface area (Å²) in [6, 6.07) is 8.37. The molecule has 0 aliphatic carbocycles. The molecule has 2 aliphatic rings. The Morgan fingerprint density at radius 3 is 2.95 bits per heavy atom. The summed E-state index contributed by atoms with van der Waals surface area (Å²) in [7, 11) is 0. The smallest absolute Gasteiger partial charge is 0.187 e. The highest BCUT2D eigenvalue weighted by Gasteiger charge is 2.30. The van der Waals surface area contributed by atoms with E-state index in [9.17, 15) is 4.79 Å². The molecule has 3 nitrogen and oxygen atoms in total. The van der Waals surface area contributed by atoms with Crippen molar-refractivity contribution in [3.05, 3.63) is 47.7 Å². The third-order valence-electron chi connectivity index (χ3n) is 4.22. The highest BCUT2D eigenvalue weighted by Crippen LogP contribution is 2.20. The van der Waals surface area contributed by atoms with Gasteiger partial charge in [-0.3, -0.25) is 9.69 Å². The number of hydrogen-bond donors (Lipinski definition) is 0. The first-order chi connectivity index (χ1) is 9.24. The Morgan fingerprint density at radius 1 is 1.26 bits per heavy atom. The van der Waals surface area contributed by atoms with E-state index in [-0.39, 0.29) is 5.78 Å². The maximum atomic E-state index is 12.2. The molecule has 100 valence electrons. The number of fused-ring (bicyclic) bond motifs is 2. The van der Waals surface area contributed by atoms with Crippen molar-refractivity contribution in [1.29, 1.82) is 0 Å². The van der Waals surface area contributed by atoms with Crippen LogP contribution < -0.4 is 0 Å². The summed E-state index contributed by atoms with van der Waals surface area (Å²) in [5, 5.41) is 0. The summed E-state index contributed by atoms with van der Waals surface area (Å²) in [5.74, 6) is 0.110. The number of benzene rings is 1. The number of aryl methyl sites for hydroxylation is 1. The lowest BCUT2D eigenvalue weighted by atomic mass is 10.0. The minimum Gasteiger partial charge on any atom is -0.372 e. The number of allylic oxidation sites excluding steroid dienone is 1. The minimum absolute atomic E-state index is 0.110. The Balaban J connectivity index is 1.69. The molecule has 1 aromatic carbocycles. The van der Waals surface area contributed by atoms with E-state index in [1.165, 1.54) is 13.0 Å². The predicted molar refractivity (Wildman–Crippen MR) is 76.2 cm³/mol. The Bertz CT molecular complexity index is 509. The highest BCUT2D eigenvalue weighted by molar-refractivity contribution is 6.05. The molecule has 0 radical (unpaired) electrons. The molecule has 3 rings (SSSR count). The topological polar surface area (TPSA) is 23.6 Å². The van der Waals surface area contributed by atoms with Crippen LogP contribution in [0.5, 0.6) is 0 Å². The van der Waals surface area contributed by atoms with E-state index in [2.05, 4.69) is 9.80 Å². The summed E-state index contributed by atoms with van der Waals surface area (Å²) in [4.78, 5) is 17.0. The van der Waals surface area contributed by atoms with Crippen LogP contribution in [0.1, 0.15) is 22.3 Å². The monoisotopic (exact) mass is 256 g/mol. The van der Waals surface area contributed by atoms with Crippen molar-refractivity contribution in [3.8, 4) is 0 Å². The van der Waals surface area contributed by atoms with E-state index in [0.29, 0.717) is 6.04 Å². The molecule has 0 amide bonds. The van der Waals surface area contributed by atoms with Gasteiger partial charge in [-0.15, -0.1) is 0 Å². The van der Waals surface area contributed by atoms with E-state index in [4.69, 9.17) is 0 Å². The van der Waals surface area contributed by atoms with Crippen LogP contribution in [0.4, 0.5) is 0 Å². The molecular weight excluding hydrogens is 236 g/mol. The van der Waals surface area contributed by atoms with Gasteiger partial charge in [0.15, 0.2) is 5.78 Å². The average molecular weight is 256 g/mol. The van der Waals surface area contributed by atoms with Gasteiger partial charge in [0.1, 0.15) is 0 Å². The lowest BCUT2D eigenvalue weighted by molar-refractivity contribution is 0.104. The van der Waals surface area contributed by atoms with Crippen molar-refractivity contribution in [3.63, 3.8) is 0 Å². The molecule has 19 heavy (non-hydrogen) atoms. The first-order valence-corrected chi connectivity index (χ1v) is 7.00. The van der Waals surface area contributed by atoms with Crippen LogP contribution in [0.15, 0.2) is 36.5 Å². The van der Waals surface area contributed by atoms with Crippen LogP contribution in [-0.4, -0.2) is 47.8 Å². The molecule has 0 aromatic heterocycles. The van der Waals surface area contributed by atoms with Gasteiger partial charge in [0.05, 0.1) is 0 Å². The molecular formula is C16H20N2O. The lowest BCUT2D eigenvalue weighted by Gasteiger charge is -2.33. The van der Waals surface area contributed by atoms with Crippen molar-refractivity contribution in [1.82, 2.24) is 9.80 Å². The molecule has 2 atom stereocenters. The molecule has 0 spiro atoms. The van der Waals surface area contributed by atoms with Crippen molar-refractivity contribution >= 4 is 5.78 Å². The molecule has 2 fully saturated rings. The largest absolute Gasteiger partial charge is 0.372 e. The van der Waals surface area contributed by atoms with Crippen LogP contribution >= 0.6 is 0 Å². The number of carbonyl (C=O) groups excluding carboxylic acids is 1. The van der Waals surface area contributed by atoms with Gasteiger partial charge < -0.3 is 4.90 Å². The maximum absolute atomic E-state index is 12.2. The second kappa shape index (κ2) is 5.17. The van der Waals surface area contributed by atoms with E-state index < -0.39 is 0 Å². The highest BCUT2D eigenvalue weighted by atomic mass is 16.1. The number of piperazine rings is 1. The fourth-order valence-corrected chi connectivity index (χ4v) is 3.02. The van der Waals surface area contributed by atoms with Gasteiger partial charge in [0, 0.05) is 50.1 Å². The number of hydrogen-bond acceptors (Lipinski definition) is 3. The quantitative estimate of drug-likeness (QED) is 0.611. The average Bonchev–Trinajstić information content (AvgIpc) is 2.80. The second-order valence-corrected chi connectivity index (χ2v) is 5.48. The van der Waals surface area contributed by atoms with E-state index in [0.717, 1.165) is 30.8 Å². The molecule has 2 saturated heterocycles. The molecule has 3 heteroatoms. The normalized spacial score (nSPS) is 26.1. The molecule has 2 heterocycles. The van der Waals surface area contributed by atoms with Crippen molar-refractivity contribution in [2.45, 2.75) is 19.4 Å². The summed E-state index contributed by atoms with van der Waals surface area (Å²) in [6.45, 7) is 6.52. The van der Waals surface area contributed by atoms with Gasteiger partial charge in [0.2, 0.25) is 0 Å². The number of carbonyl (C=O) groups is 1. The lowest BCUT2D eigenvalue weighted by Crippen LogP contribution is -2.43. The zero-order chi connectivity index (χ0) is 13.2. The standard InChI is InChI=1S/C16H20N2O/c1-13-4-2-3-5-15(13)16(19)7-9-18-11-10-17-8-6-14(18)12-17/h2-5,7,9,14H,6,8,10-12H2,1H3/b9-7+. The van der Waals surface area contributed by atoms with Crippen LogP contribution in [0.3, 0.4) is 0 Å². The predicted octanol–water partition coefficient (Wildman–Crippen LogP) is 2.08. The first-order valence-electron chi connectivity index (χ1n) is 7.00. The van der Waals surface area contributed by atoms with Crippen LogP contribution in [0.25, 0.3) is 0 Å². The van der Waals surface area contributed by atoms with Gasteiger partial charge in [-0.05, 0) is 18.9 Å². The third-order valence-corrected chi connectivity index (χ3v) is 4.22. The Labute approximate surface area is 114 Å². The Kier molecular flexibility index (Phi) is 3.38. The summed E-state index contributed by atoms with van der Waals surface area (Å²) in [6.07, 6.45) is 4.96. The summed E-state index contributed by atoms with van der Waals surface area (Å²) >= 11 is 0. The molecule has 2 bridgehead atoms. The summed E-state index contributed by atoms with van der Waals surface area (Å²) < 4.78 is 0. The Hall–Kier alpha value is -1.61. The third kappa shape index (κ3) is 2.56. The van der Waals surface area contributed by atoms with Gasteiger partial charge in [-0.25, -0.2) is 0 Å². The van der Waals surface area contributed by atoms with E-state index in [1.807, 2.05) is 37.4 Å². The number of ketones is 1. The minimum atomic E-state index is 0.110. The molecule has 1 aromatic rings. The zero-order valence-electron chi connectivity index (χ0n) is 11.4. The Morgan fingerprint density at radius 2 is 2.11 bits per heavy atom. The molecule has 0 saturated carbocycles. The van der Waals surface area contributed by atoms with E-state index in [1.54, 1.807) is 6.08 Å². The van der Waals surface area contributed by atoms with Gasteiger partial charge in [-0.2, -0.15) is 0 Å². The van der Waals surface area contributed by atoms with Crippen molar-refractivity contribution in [2.75, 3.05) is 26.2 Å². The van der Waals surface area contributed by atoms with Crippen LogP contribution in [0, 0.1) is 6.92 Å². The van der Waals surface area contributed by atoms with Crippen molar-refractivity contribution in [2.24, 2.45) is 0 Å². The number of nitrogens with zero attached hydrogens (tertiary/aromatic N) is 2. The van der Waals surface area contributed by atoms with Crippen LogP contribution in [0.2, 0.25) is 0 Å². The van der Waals surface area contributed by atoms with Crippen LogP contribution in [-0.2, 0) is 0 Å². The SMILES string of the molecule is Cc1ccccc1C(=O)/C=C/N1CCN2CCC1C2. The second-order valence-electron chi connectivity index (χ2n) is 5.48.